The molecule has 0 saturated carbocycles. The summed E-state index contributed by atoms with van der Waals surface area (Å²) in [5, 5.41) is 6.60. The minimum atomic E-state index is -4.52. The zero-order valence-electron chi connectivity index (χ0n) is 21.6. The van der Waals surface area contributed by atoms with E-state index in [9.17, 15) is 27.6 Å². The van der Waals surface area contributed by atoms with E-state index in [1.165, 1.54) is 17.0 Å². The number of aromatic nitrogens is 1. The fraction of sp³-hybridized carbons (Fsp3) is 0.308. The number of carbonyl (C=O) groups is 3. The summed E-state index contributed by atoms with van der Waals surface area (Å²) in [5.41, 5.74) is 11.8. The van der Waals surface area contributed by atoms with Crippen molar-refractivity contribution in [1.82, 2.24) is 15.2 Å². The van der Waals surface area contributed by atoms with Crippen LogP contribution in [-0.2, 0) is 22.2 Å². The molecule has 1 atom stereocenters. The molecule has 14 heteroatoms. The molecule has 2 aromatic carbocycles. The predicted octanol–water partition coefficient (Wildman–Crippen LogP) is 0.854. The van der Waals surface area contributed by atoms with Crippen LogP contribution in [0.15, 0.2) is 60.8 Å². The SMILES string of the molecule is NCCN(CCN)C(=O)CN(N)C(=O)N[C@@H](Cc1ccc(C(F)(F)F)cc1)C(=O)Nc1c[nH+]c2ccccc2c1. The molecule has 9 N–H and O–H groups in total. The first-order valence-electron chi connectivity index (χ1n) is 12.4. The molecule has 4 amide bonds. The number of nitrogens with two attached hydrogens (primary N) is 3. The molecule has 40 heavy (non-hydrogen) atoms. The Kier molecular flexibility index (Phi) is 10.4. The van der Waals surface area contributed by atoms with Crippen molar-refractivity contribution in [2.24, 2.45) is 17.3 Å². The van der Waals surface area contributed by atoms with Gasteiger partial charge in [-0.15, -0.1) is 0 Å². The number of hydrogen-bond donors (Lipinski definition) is 5. The van der Waals surface area contributed by atoms with E-state index in [0.29, 0.717) is 16.3 Å². The standard InChI is InChI=1S/C26H31F3N8O3/c27-26(28,29)19-7-5-17(6-8-19)13-22(24(39)34-20-14-18-3-1-2-4-21(18)33-15-20)35-25(40)37(32)16-23(38)36(11-9-30)12-10-31/h1-8,14-15,22H,9-13,16,30-32H2,(H,34,39)(H,35,40)/p+1/t22-/m0/s1. The third kappa shape index (κ3) is 8.36. The molecular weight excluding hydrogens is 529 g/mol. The van der Waals surface area contributed by atoms with Gasteiger partial charge in [0.25, 0.3) is 0 Å². The summed E-state index contributed by atoms with van der Waals surface area (Å²) in [6.07, 6.45) is -3.11. The van der Waals surface area contributed by atoms with Crippen molar-refractivity contribution in [3.63, 3.8) is 0 Å². The lowest BCUT2D eigenvalue weighted by Gasteiger charge is -2.26. The predicted molar refractivity (Wildman–Crippen MR) is 142 cm³/mol. The highest BCUT2D eigenvalue weighted by atomic mass is 19.4. The van der Waals surface area contributed by atoms with Gasteiger partial charge in [0.1, 0.15) is 18.3 Å². The number of pyridine rings is 1. The summed E-state index contributed by atoms with van der Waals surface area (Å²) in [6.45, 7) is 0.286. The van der Waals surface area contributed by atoms with E-state index < -0.39 is 42.2 Å². The third-order valence-corrected chi connectivity index (χ3v) is 5.97. The second-order valence-electron chi connectivity index (χ2n) is 8.95. The van der Waals surface area contributed by atoms with Crippen molar-refractivity contribution >= 4 is 34.4 Å². The average Bonchev–Trinajstić information content (AvgIpc) is 2.92. The first-order valence-corrected chi connectivity index (χ1v) is 12.4. The van der Waals surface area contributed by atoms with Crippen molar-refractivity contribution in [2.75, 3.05) is 38.0 Å². The highest BCUT2D eigenvalue weighted by Gasteiger charge is 2.31. The number of urea groups is 1. The van der Waals surface area contributed by atoms with E-state index in [1.807, 2.05) is 24.3 Å². The molecule has 214 valence electrons. The van der Waals surface area contributed by atoms with Gasteiger partial charge in [0.15, 0.2) is 6.20 Å². The zero-order valence-corrected chi connectivity index (χ0v) is 21.6. The van der Waals surface area contributed by atoms with Gasteiger partial charge < -0.3 is 27.0 Å². The highest BCUT2D eigenvalue weighted by Crippen LogP contribution is 2.29. The van der Waals surface area contributed by atoms with Crippen LogP contribution in [0.25, 0.3) is 10.9 Å². The van der Waals surface area contributed by atoms with E-state index in [-0.39, 0.29) is 32.6 Å². The van der Waals surface area contributed by atoms with Gasteiger partial charge in [0.2, 0.25) is 17.3 Å². The molecule has 0 spiro atoms. The summed E-state index contributed by atoms with van der Waals surface area (Å²) in [7, 11) is 0. The van der Waals surface area contributed by atoms with Crippen LogP contribution in [0.2, 0.25) is 0 Å². The van der Waals surface area contributed by atoms with Gasteiger partial charge in [-0.25, -0.2) is 15.6 Å². The number of para-hydroxylation sites is 1. The minimum Gasteiger partial charge on any atom is -0.339 e. The van der Waals surface area contributed by atoms with Crippen molar-refractivity contribution in [1.29, 1.82) is 0 Å². The maximum Gasteiger partial charge on any atom is 0.416 e. The fourth-order valence-corrected chi connectivity index (χ4v) is 3.92. The molecule has 3 rings (SSSR count). The van der Waals surface area contributed by atoms with Gasteiger partial charge in [0, 0.05) is 44.1 Å². The third-order valence-electron chi connectivity index (χ3n) is 5.97. The lowest BCUT2D eigenvalue weighted by Crippen LogP contribution is -2.55. The molecule has 0 fully saturated rings. The Hall–Kier alpha value is -4.27. The number of nitrogens with zero attached hydrogens (tertiary/aromatic N) is 2. The van der Waals surface area contributed by atoms with Crippen molar-refractivity contribution in [3.8, 4) is 0 Å². The number of nitrogens with one attached hydrogen (secondary N) is 3. The first-order chi connectivity index (χ1) is 19.0. The van der Waals surface area contributed by atoms with Crippen molar-refractivity contribution in [3.05, 3.63) is 71.9 Å². The molecule has 0 bridgehead atoms. The second-order valence-corrected chi connectivity index (χ2v) is 8.95. The number of hydrazine groups is 1. The van der Waals surface area contributed by atoms with E-state index in [4.69, 9.17) is 17.3 Å². The van der Waals surface area contributed by atoms with Crippen LogP contribution in [0.4, 0.5) is 23.7 Å². The summed E-state index contributed by atoms with van der Waals surface area (Å²) in [4.78, 5) is 43.1. The van der Waals surface area contributed by atoms with Gasteiger partial charge in [-0.1, -0.05) is 24.3 Å². The number of rotatable bonds is 11. The number of anilines is 1. The minimum absolute atomic E-state index is 0.152. The molecular formula is C26H32F3N8O3+. The van der Waals surface area contributed by atoms with Gasteiger partial charge >= 0.3 is 12.2 Å². The first kappa shape index (κ1) is 30.3. The molecule has 1 heterocycles. The summed E-state index contributed by atoms with van der Waals surface area (Å²) in [5.74, 6) is 4.68. The van der Waals surface area contributed by atoms with Crippen molar-refractivity contribution < 1.29 is 32.5 Å². The molecule has 0 aliphatic carbocycles. The molecule has 0 aliphatic heterocycles. The molecule has 0 radical (unpaired) electrons. The van der Waals surface area contributed by atoms with E-state index in [2.05, 4.69) is 15.6 Å². The average molecular weight is 562 g/mol. The number of hydrogen-bond acceptors (Lipinski definition) is 6. The Morgan fingerprint density at radius 3 is 2.25 bits per heavy atom. The lowest BCUT2D eigenvalue weighted by atomic mass is 10.0. The van der Waals surface area contributed by atoms with Crippen molar-refractivity contribution in [2.45, 2.75) is 18.6 Å². The molecule has 1 aromatic heterocycles. The molecule has 0 aliphatic rings. The molecule has 3 aromatic rings. The van der Waals surface area contributed by atoms with Crippen LogP contribution in [0.3, 0.4) is 0 Å². The van der Waals surface area contributed by atoms with Gasteiger partial charge in [-0.2, -0.15) is 13.2 Å². The Balaban J connectivity index is 1.77. The van der Waals surface area contributed by atoms with Crippen LogP contribution >= 0.6 is 0 Å². The van der Waals surface area contributed by atoms with E-state index >= 15 is 0 Å². The second kappa shape index (κ2) is 13.7. The Labute approximate surface area is 228 Å². The number of alkyl halides is 3. The lowest BCUT2D eigenvalue weighted by molar-refractivity contribution is -0.343. The van der Waals surface area contributed by atoms with Gasteiger partial charge in [-0.3, -0.25) is 14.6 Å². The molecule has 0 unspecified atom stereocenters. The number of aromatic amines is 1. The Morgan fingerprint density at radius 1 is 0.975 bits per heavy atom. The number of H-pyrrole nitrogens is 1. The number of benzene rings is 2. The van der Waals surface area contributed by atoms with Crippen LogP contribution in [0.1, 0.15) is 11.1 Å². The highest BCUT2D eigenvalue weighted by molar-refractivity contribution is 5.98. The largest absolute Gasteiger partial charge is 0.416 e. The van der Waals surface area contributed by atoms with E-state index in [0.717, 1.165) is 23.0 Å². The van der Waals surface area contributed by atoms with Crippen LogP contribution < -0.4 is 32.9 Å². The maximum absolute atomic E-state index is 13.3. The van der Waals surface area contributed by atoms with Crippen LogP contribution in [0.5, 0.6) is 0 Å². The smallest absolute Gasteiger partial charge is 0.339 e. The summed E-state index contributed by atoms with van der Waals surface area (Å²) in [6, 6.07) is 11.1. The zero-order chi connectivity index (χ0) is 29.3. The number of fused-ring (bicyclic) bond motifs is 1. The normalized spacial score (nSPS) is 12.1. The fourth-order valence-electron chi connectivity index (χ4n) is 3.92. The Morgan fingerprint density at radius 2 is 1.62 bits per heavy atom. The molecule has 0 saturated heterocycles. The topological polar surface area (TPSA) is 174 Å². The quantitative estimate of drug-likeness (QED) is 0.132. The van der Waals surface area contributed by atoms with Crippen LogP contribution in [-0.4, -0.2) is 66.5 Å². The number of amides is 4. The van der Waals surface area contributed by atoms with Crippen LogP contribution in [0, 0.1) is 0 Å². The van der Waals surface area contributed by atoms with E-state index in [1.54, 1.807) is 12.3 Å². The molecule has 11 nitrogen and oxygen atoms in total. The van der Waals surface area contributed by atoms with Gasteiger partial charge in [-0.05, 0) is 29.8 Å². The van der Waals surface area contributed by atoms with Gasteiger partial charge in [0.05, 0.1) is 5.56 Å². The Bertz CT molecular complexity index is 1310. The monoisotopic (exact) mass is 561 g/mol. The summed E-state index contributed by atoms with van der Waals surface area (Å²) < 4.78 is 39.0. The number of carbonyl (C=O) groups excluding carboxylic acids is 3. The summed E-state index contributed by atoms with van der Waals surface area (Å²) >= 11 is 0. The number of halogens is 3. The maximum atomic E-state index is 13.3.